The van der Waals surface area contributed by atoms with E-state index in [1.807, 2.05) is 30.4 Å². The molecule has 0 saturated heterocycles. The van der Waals surface area contributed by atoms with Crippen molar-refractivity contribution < 1.29 is 18.0 Å². The number of carbonyl (C=O) groups is 1. The van der Waals surface area contributed by atoms with Crippen LogP contribution in [0.4, 0.5) is 18.9 Å². The number of alkyl halides is 3. The van der Waals surface area contributed by atoms with E-state index in [0.29, 0.717) is 11.2 Å². The molecule has 0 spiro atoms. The van der Waals surface area contributed by atoms with E-state index < -0.39 is 25.2 Å². The first-order valence-corrected chi connectivity index (χ1v) is 6.29. The summed E-state index contributed by atoms with van der Waals surface area (Å²) in [6.07, 6.45) is -4.33. The van der Waals surface area contributed by atoms with Crippen LogP contribution in [0.5, 0.6) is 0 Å². The van der Waals surface area contributed by atoms with Gasteiger partial charge < -0.3 is 10.6 Å². The number of para-hydroxylation sites is 1. The third-order valence-corrected chi connectivity index (χ3v) is 2.74. The van der Waals surface area contributed by atoms with Gasteiger partial charge in [-0.25, -0.2) is 0 Å². The molecule has 0 unspecified atom stereocenters. The number of hydrogen-bond acceptors (Lipinski definition) is 3. The van der Waals surface area contributed by atoms with Gasteiger partial charge in [0.1, 0.15) is 0 Å². The molecule has 0 aliphatic carbocycles. The molecule has 0 bridgehead atoms. The lowest BCUT2D eigenvalue weighted by molar-refractivity contribution is -0.126. The van der Waals surface area contributed by atoms with Crippen LogP contribution in [0.3, 0.4) is 0 Å². The SMILES string of the molecule is Cc1ccc2cccc(NC(=O)CNCC(F)(F)F)c2n1. The standard InChI is InChI=1S/C14H14F3N3O/c1-9-5-6-10-3-2-4-11(13(10)19-9)20-12(21)7-18-8-14(15,16)17/h2-6,18H,7-8H2,1H3,(H,20,21). The molecule has 21 heavy (non-hydrogen) atoms. The van der Waals surface area contributed by atoms with Gasteiger partial charge in [0.15, 0.2) is 0 Å². The average molecular weight is 297 g/mol. The van der Waals surface area contributed by atoms with Gasteiger partial charge in [-0.2, -0.15) is 13.2 Å². The van der Waals surface area contributed by atoms with Crippen LogP contribution in [0.25, 0.3) is 10.9 Å². The van der Waals surface area contributed by atoms with Gasteiger partial charge in [-0.05, 0) is 19.1 Å². The minimum absolute atomic E-state index is 0.415. The summed E-state index contributed by atoms with van der Waals surface area (Å²) >= 11 is 0. The number of aryl methyl sites for hydroxylation is 1. The monoisotopic (exact) mass is 297 g/mol. The number of nitrogens with one attached hydrogen (secondary N) is 2. The Morgan fingerprint density at radius 3 is 2.71 bits per heavy atom. The lowest BCUT2D eigenvalue weighted by Gasteiger charge is -2.10. The second-order valence-electron chi connectivity index (χ2n) is 4.60. The second-order valence-corrected chi connectivity index (χ2v) is 4.60. The predicted molar refractivity (Wildman–Crippen MR) is 74.0 cm³/mol. The van der Waals surface area contributed by atoms with Gasteiger partial charge in [0, 0.05) is 11.1 Å². The molecule has 0 aliphatic heterocycles. The minimum Gasteiger partial charge on any atom is -0.323 e. The molecule has 0 fully saturated rings. The molecule has 2 rings (SSSR count). The smallest absolute Gasteiger partial charge is 0.323 e. The van der Waals surface area contributed by atoms with Crippen molar-refractivity contribution in [2.75, 3.05) is 18.4 Å². The second kappa shape index (κ2) is 6.09. The number of nitrogens with zero attached hydrogens (tertiary/aromatic N) is 1. The quantitative estimate of drug-likeness (QED) is 0.912. The maximum Gasteiger partial charge on any atom is 0.401 e. The van der Waals surface area contributed by atoms with E-state index in [2.05, 4.69) is 10.3 Å². The van der Waals surface area contributed by atoms with Crippen molar-refractivity contribution in [3.63, 3.8) is 0 Å². The van der Waals surface area contributed by atoms with Crippen molar-refractivity contribution in [2.45, 2.75) is 13.1 Å². The lowest BCUT2D eigenvalue weighted by Crippen LogP contribution is -2.35. The van der Waals surface area contributed by atoms with Crippen molar-refractivity contribution in [1.29, 1.82) is 0 Å². The summed E-state index contributed by atoms with van der Waals surface area (Å²) < 4.78 is 35.9. The van der Waals surface area contributed by atoms with Crippen LogP contribution in [-0.4, -0.2) is 30.2 Å². The molecule has 0 aliphatic rings. The van der Waals surface area contributed by atoms with Crippen molar-refractivity contribution in [2.24, 2.45) is 0 Å². The highest BCUT2D eigenvalue weighted by molar-refractivity contribution is 6.00. The molecule has 2 N–H and O–H groups in total. The van der Waals surface area contributed by atoms with E-state index in [1.54, 1.807) is 12.1 Å². The number of benzene rings is 1. The van der Waals surface area contributed by atoms with E-state index in [1.165, 1.54) is 0 Å². The average Bonchev–Trinajstić information content (AvgIpc) is 2.38. The van der Waals surface area contributed by atoms with Gasteiger partial charge in [0.2, 0.25) is 5.91 Å². The van der Waals surface area contributed by atoms with Crippen molar-refractivity contribution in [1.82, 2.24) is 10.3 Å². The van der Waals surface area contributed by atoms with Crippen molar-refractivity contribution in [3.8, 4) is 0 Å². The molecule has 112 valence electrons. The number of amides is 1. The third-order valence-electron chi connectivity index (χ3n) is 2.74. The fourth-order valence-electron chi connectivity index (χ4n) is 1.86. The van der Waals surface area contributed by atoms with E-state index in [0.717, 1.165) is 11.1 Å². The zero-order valence-corrected chi connectivity index (χ0v) is 11.3. The maximum absolute atomic E-state index is 12.0. The van der Waals surface area contributed by atoms with Crippen LogP contribution in [0.1, 0.15) is 5.69 Å². The molecule has 0 atom stereocenters. The molecule has 1 heterocycles. The molecule has 2 aromatic rings. The highest BCUT2D eigenvalue weighted by Gasteiger charge is 2.26. The van der Waals surface area contributed by atoms with Crippen molar-refractivity contribution >= 4 is 22.5 Å². The highest BCUT2D eigenvalue weighted by atomic mass is 19.4. The Labute approximate surface area is 119 Å². The Bertz CT molecular complexity index is 655. The number of carbonyl (C=O) groups excluding carboxylic acids is 1. The Morgan fingerprint density at radius 2 is 2.00 bits per heavy atom. The molecule has 7 heteroatoms. The van der Waals surface area contributed by atoms with Crippen LogP contribution < -0.4 is 10.6 Å². The predicted octanol–water partition coefficient (Wildman–Crippen LogP) is 2.63. The molecule has 0 saturated carbocycles. The molecule has 4 nitrogen and oxygen atoms in total. The number of rotatable bonds is 4. The fourth-order valence-corrected chi connectivity index (χ4v) is 1.86. The summed E-state index contributed by atoms with van der Waals surface area (Å²) in [6, 6.07) is 8.97. The number of hydrogen-bond donors (Lipinski definition) is 2. The summed E-state index contributed by atoms with van der Waals surface area (Å²) in [4.78, 5) is 16.0. The van der Waals surface area contributed by atoms with Gasteiger partial charge >= 0.3 is 6.18 Å². The summed E-state index contributed by atoms with van der Waals surface area (Å²) in [5, 5.41) is 5.46. The number of halogens is 3. The van der Waals surface area contributed by atoms with Gasteiger partial charge in [-0.15, -0.1) is 0 Å². The van der Waals surface area contributed by atoms with Crippen LogP contribution >= 0.6 is 0 Å². The number of fused-ring (bicyclic) bond motifs is 1. The van der Waals surface area contributed by atoms with Crippen LogP contribution in [0.2, 0.25) is 0 Å². The van der Waals surface area contributed by atoms with Gasteiger partial charge in [-0.3, -0.25) is 9.78 Å². The zero-order chi connectivity index (χ0) is 15.5. The summed E-state index contributed by atoms with van der Waals surface area (Å²) in [7, 11) is 0. The van der Waals surface area contributed by atoms with Gasteiger partial charge in [0.25, 0.3) is 0 Å². The number of aromatic nitrogens is 1. The summed E-state index contributed by atoms with van der Waals surface area (Å²) in [5.41, 5.74) is 1.89. The first kappa shape index (κ1) is 15.2. The van der Waals surface area contributed by atoms with E-state index in [-0.39, 0.29) is 0 Å². The molecular formula is C14H14F3N3O. The van der Waals surface area contributed by atoms with Gasteiger partial charge in [0.05, 0.1) is 24.3 Å². The first-order chi connectivity index (χ1) is 9.85. The largest absolute Gasteiger partial charge is 0.401 e. The maximum atomic E-state index is 12.0. The highest BCUT2D eigenvalue weighted by Crippen LogP contribution is 2.21. The van der Waals surface area contributed by atoms with E-state index in [9.17, 15) is 18.0 Å². The molecular weight excluding hydrogens is 283 g/mol. The Balaban J connectivity index is 2.06. The minimum atomic E-state index is -4.33. The first-order valence-electron chi connectivity index (χ1n) is 6.29. The lowest BCUT2D eigenvalue weighted by atomic mass is 10.1. The molecule has 1 aromatic carbocycles. The topological polar surface area (TPSA) is 54.0 Å². The van der Waals surface area contributed by atoms with Crippen LogP contribution in [-0.2, 0) is 4.79 Å². The summed E-state index contributed by atoms with van der Waals surface area (Å²) in [5.74, 6) is -0.546. The molecule has 0 radical (unpaired) electrons. The number of anilines is 1. The van der Waals surface area contributed by atoms with Crippen LogP contribution in [0, 0.1) is 6.92 Å². The Morgan fingerprint density at radius 1 is 1.24 bits per heavy atom. The molecule has 1 aromatic heterocycles. The normalized spacial score (nSPS) is 11.6. The van der Waals surface area contributed by atoms with Gasteiger partial charge in [-0.1, -0.05) is 18.2 Å². The fraction of sp³-hybridized carbons (Fsp3) is 0.286. The Kier molecular flexibility index (Phi) is 4.42. The van der Waals surface area contributed by atoms with Crippen LogP contribution in [0.15, 0.2) is 30.3 Å². The van der Waals surface area contributed by atoms with Crippen molar-refractivity contribution in [3.05, 3.63) is 36.0 Å². The van der Waals surface area contributed by atoms with E-state index >= 15 is 0 Å². The van der Waals surface area contributed by atoms with E-state index in [4.69, 9.17) is 0 Å². The third kappa shape index (κ3) is 4.42. The Hall–Kier alpha value is -2.15. The zero-order valence-electron chi connectivity index (χ0n) is 11.3. The number of pyridine rings is 1. The molecule has 1 amide bonds. The summed E-state index contributed by atoms with van der Waals surface area (Å²) in [6.45, 7) is 0.206.